The van der Waals surface area contributed by atoms with Crippen molar-refractivity contribution in [3.63, 3.8) is 0 Å². The van der Waals surface area contributed by atoms with E-state index >= 15 is 0 Å². The minimum absolute atomic E-state index is 0.0382. The third kappa shape index (κ3) is 5.30. The van der Waals surface area contributed by atoms with Gasteiger partial charge in [0.1, 0.15) is 0 Å². The number of aromatic nitrogens is 2. The fourth-order valence-corrected chi connectivity index (χ4v) is 2.33. The minimum atomic E-state index is -0.252. The summed E-state index contributed by atoms with van der Waals surface area (Å²) < 4.78 is 4.93. The Morgan fingerprint density at radius 3 is 2.68 bits per heavy atom. The molecule has 8 heteroatoms. The molecule has 8 nitrogen and oxygen atoms in total. The first-order valence-corrected chi connectivity index (χ1v) is 8.17. The van der Waals surface area contributed by atoms with Crippen molar-refractivity contribution in [1.29, 1.82) is 0 Å². The van der Waals surface area contributed by atoms with E-state index in [1.807, 2.05) is 31.2 Å². The number of para-hydroxylation sites is 1. The van der Waals surface area contributed by atoms with Crippen molar-refractivity contribution in [2.45, 2.75) is 33.2 Å². The molecule has 0 atom stereocenters. The van der Waals surface area contributed by atoms with Crippen molar-refractivity contribution >= 4 is 17.6 Å². The van der Waals surface area contributed by atoms with Crippen molar-refractivity contribution in [3.8, 4) is 0 Å². The number of carbonyl (C=O) groups excluding carboxylic acids is 2. The number of aryl methyl sites for hydroxylation is 2. The smallest absolute Gasteiger partial charge is 0.322 e. The molecule has 0 saturated heterocycles. The molecule has 0 saturated carbocycles. The van der Waals surface area contributed by atoms with E-state index in [9.17, 15) is 9.59 Å². The zero-order valence-corrected chi connectivity index (χ0v) is 14.7. The Labute approximate surface area is 146 Å². The van der Waals surface area contributed by atoms with Crippen LogP contribution in [-0.2, 0) is 17.8 Å². The molecule has 0 bridgehead atoms. The fraction of sp³-hybridized carbons (Fsp3) is 0.412. The van der Waals surface area contributed by atoms with Crippen molar-refractivity contribution in [2.24, 2.45) is 0 Å². The standard InChI is InChI=1S/C17H23N5O3/c1-4-22(11-15-19-12(2)25-21-15)17(24)20-14-8-6-5-7-13(14)9-10-16(23)18-3/h5-8H,4,9-11H2,1-3H3,(H,18,23)(H,20,24). The van der Waals surface area contributed by atoms with Gasteiger partial charge in [0.25, 0.3) is 0 Å². The molecule has 1 aromatic heterocycles. The molecule has 2 rings (SSSR count). The van der Waals surface area contributed by atoms with Gasteiger partial charge in [-0.3, -0.25) is 4.79 Å². The molecule has 25 heavy (non-hydrogen) atoms. The lowest BCUT2D eigenvalue weighted by molar-refractivity contribution is -0.120. The van der Waals surface area contributed by atoms with Gasteiger partial charge in [-0.1, -0.05) is 23.4 Å². The summed E-state index contributed by atoms with van der Waals surface area (Å²) in [6.07, 6.45) is 0.912. The van der Waals surface area contributed by atoms with Crippen LogP contribution in [0.15, 0.2) is 28.8 Å². The summed E-state index contributed by atoms with van der Waals surface area (Å²) in [5.41, 5.74) is 1.60. The molecule has 0 aliphatic heterocycles. The summed E-state index contributed by atoms with van der Waals surface area (Å²) in [4.78, 5) is 29.7. The molecular weight excluding hydrogens is 322 g/mol. The lowest BCUT2D eigenvalue weighted by atomic mass is 10.1. The molecule has 0 aliphatic rings. The highest BCUT2D eigenvalue weighted by molar-refractivity contribution is 5.90. The fourth-order valence-electron chi connectivity index (χ4n) is 2.33. The Morgan fingerprint density at radius 1 is 1.28 bits per heavy atom. The summed E-state index contributed by atoms with van der Waals surface area (Å²) in [5, 5.41) is 9.31. The normalized spacial score (nSPS) is 10.4. The first-order valence-electron chi connectivity index (χ1n) is 8.17. The third-order valence-electron chi connectivity index (χ3n) is 3.73. The number of benzene rings is 1. The number of nitrogens with zero attached hydrogens (tertiary/aromatic N) is 3. The van der Waals surface area contributed by atoms with Crippen LogP contribution in [0.3, 0.4) is 0 Å². The van der Waals surface area contributed by atoms with Crippen molar-refractivity contribution in [3.05, 3.63) is 41.5 Å². The molecule has 0 unspecified atom stereocenters. The monoisotopic (exact) mass is 345 g/mol. The summed E-state index contributed by atoms with van der Waals surface area (Å²) in [6.45, 7) is 4.35. The van der Waals surface area contributed by atoms with Crippen LogP contribution in [0.5, 0.6) is 0 Å². The van der Waals surface area contributed by atoms with Gasteiger partial charge in [0, 0.05) is 32.6 Å². The maximum absolute atomic E-state index is 12.6. The van der Waals surface area contributed by atoms with E-state index in [0.29, 0.717) is 36.8 Å². The molecule has 2 aromatic rings. The molecule has 3 amide bonds. The van der Waals surface area contributed by atoms with Crippen LogP contribution < -0.4 is 10.6 Å². The number of rotatable bonds is 7. The predicted octanol–water partition coefficient (Wildman–Crippen LogP) is 2.11. The van der Waals surface area contributed by atoms with Gasteiger partial charge >= 0.3 is 6.03 Å². The SMILES string of the molecule is CCN(Cc1noc(C)n1)C(=O)Nc1ccccc1CCC(=O)NC. The highest BCUT2D eigenvalue weighted by atomic mass is 16.5. The summed E-state index contributed by atoms with van der Waals surface area (Å²) in [5.74, 6) is 0.886. The average Bonchev–Trinajstić information content (AvgIpc) is 3.03. The summed E-state index contributed by atoms with van der Waals surface area (Å²) in [6, 6.07) is 7.20. The van der Waals surface area contributed by atoms with Gasteiger partial charge in [-0.05, 0) is 25.0 Å². The number of carbonyl (C=O) groups is 2. The second kappa shape index (κ2) is 8.81. The first-order chi connectivity index (χ1) is 12.0. The Kier molecular flexibility index (Phi) is 6.50. The third-order valence-corrected chi connectivity index (χ3v) is 3.73. The van der Waals surface area contributed by atoms with Crippen LogP contribution in [0.2, 0.25) is 0 Å². The quantitative estimate of drug-likeness (QED) is 0.800. The molecule has 1 aromatic carbocycles. The highest BCUT2D eigenvalue weighted by Gasteiger charge is 2.16. The molecule has 0 fully saturated rings. The van der Waals surface area contributed by atoms with Crippen molar-refractivity contribution < 1.29 is 14.1 Å². The lowest BCUT2D eigenvalue weighted by Crippen LogP contribution is -2.35. The number of amides is 3. The highest BCUT2D eigenvalue weighted by Crippen LogP contribution is 2.18. The number of hydrogen-bond acceptors (Lipinski definition) is 5. The van der Waals surface area contributed by atoms with Gasteiger partial charge in [0.2, 0.25) is 11.8 Å². The largest absolute Gasteiger partial charge is 0.359 e. The van der Waals surface area contributed by atoms with Gasteiger partial charge in [-0.25, -0.2) is 4.79 Å². The van der Waals surface area contributed by atoms with E-state index in [1.165, 1.54) is 0 Å². The topological polar surface area (TPSA) is 100 Å². The molecular formula is C17H23N5O3. The molecule has 0 radical (unpaired) electrons. The number of anilines is 1. The van der Waals surface area contributed by atoms with Crippen LogP contribution >= 0.6 is 0 Å². The van der Waals surface area contributed by atoms with E-state index in [-0.39, 0.29) is 18.5 Å². The van der Waals surface area contributed by atoms with Crippen LogP contribution in [0.25, 0.3) is 0 Å². The zero-order valence-electron chi connectivity index (χ0n) is 14.7. The summed E-state index contributed by atoms with van der Waals surface area (Å²) >= 11 is 0. The molecule has 0 aliphatic carbocycles. The number of hydrogen-bond donors (Lipinski definition) is 2. The van der Waals surface area contributed by atoms with E-state index in [0.717, 1.165) is 5.56 Å². The van der Waals surface area contributed by atoms with Gasteiger partial charge in [-0.15, -0.1) is 0 Å². The van der Waals surface area contributed by atoms with Gasteiger partial charge < -0.3 is 20.1 Å². The average molecular weight is 345 g/mol. The van der Waals surface area contributed by atoms with Crippen LogP contribution in [0, 0.1) is 6.92 Å². The lowest BCUT2D eigenvalue weighted by Gasteiger charge is -2.20. The van der Waals surface area contributed by atoms with Crippen LogP contribution in [0.1, 0.15) is 30.6 Å². The molecule has 2 N–H and O–H groups in total. The first kappa shape index (κ1) is 18.4. The molecule has 134 valence electrons. The zero-order chi connectivity index (χ0) is 18.2. The minimum Gasteiger partial charge on any atom is -0.359 e. The Bertz CT molecular complexity index is 729. The second-order valence-electron chi connectivity index (χ2n) is 5.50. The maximum atomic E-state index is 12.6. The maximum Gasteiger partial charge on any atom is 0.322 e. The van der Waals surface area contributed by atoms with Crippen LogP contribution in [-0.4, -0.2) is 40.6 Å². The van der Waals surface area contributed by atoms with Gasteiger partial charge in [0.05, 0.1) is 6.54 Å². The van der Waals surface area contributed by atoms with Crippen molar-refractivity contribution in [2.75, 3.05) is 18.9 Å². The summed E-state index contributed by atoms with van der Waals surface area (Å²) in [7, 11) is 1.61. The molecule has 0 spiro atoms. The van der Waals surface area contributed by atoms with Crippen molar-refractivity contribution in [1.82, 2.24) is 20.4 Å². The number of nitrogens with one attached hydrogen (secondary N) is 2. The molecule has 1 heterocycles. The van der Waals surface area contributed by atoms with E-state index in [4.69, 9.17) is 4.52 Å². The predicted molar refractivity (Wildman–Crippen MR) is 93.0 cm³/mol. The Balaban J connectivity index is 2.04. The van der Waals surface area contributed by atoms with Crippen LogP contribution in [0.4, 0.5) is 10.5 Å². The van der Waals surface area contributed by atoms with E-state index in [1.54, 1.807) is 18.9 Å². The van der Waals surface area contributed by atoms with E-state index < -0.39 is 0 Å². The second-order valence-corrected chi connectivity index (χ2v) is 5.50. The van der Waals surface area contributed by atoms with Gasteiger partial charge in [0.15, 0.2) is 5.82 Å². The van der Waals surface area contributed by atoms with E-state index in [2.05, 4.69) is 20.8 Å². The van der Waals surface area contributed by atoms with Gasteiger partial charge in [-0.2, -0.15) is 4.98 Å². The Morgan fingerprint density at radius 2 is 2.04 bits per heavy atom. The Hall–Kier alpha value is -2.90. The number of urea groups is 1.